The number of hydrogen-bond acceptors (Lipinski definition) is 1. The highest BCUT2D eigenvalue weighted by atomic mass is 27.0. The number of hydrogen-bond donors (Lipinski definition) is 0. The van der Waals surface area contributed by atoms with Crippen molar-refractivity contribution in [2.24, 2.45) is 0 Å². The maximum atomic E-state index is 4.69. The minimum atomic E-state index is 0. The lowest BCUT2D eigenvalue weighted by atomic mass is 10.5. The third-order valence-electron chi connectivity index (χ3n) is 0.408. The van der Waals surface area contributed by atoms with E-state index in [2.05, 4.69) is 6.92 Å². The topological polar surface area (TPSA) is 9.23 Å². The van der Waals surface area contributed by atoms with E-state index in [1.54, 1.807) is 7.11 Å². The second-order valence-corrected chi connectivity index (χ2v) is 0.993. The molecule has 0 aliphatic carbocycles. The summed E-state index contributed by atoms with van der Waals surface area (Å²) in [7, 11) is 1.71. The molecule has 0 aliphatic heterocycles. The van der Waals surface area contributed by atoms with Crippen LogP contribution in [0.2, 0.25) is 0 Å². The third kappa shape index (κ3) is 8.82. The van der Waals surface area contributed by atoms with Gasteiger partial charge in [-0.15, -0.1) is 0 Å². The molecule has 0 unspecified atom stereocenters. The fourth-order valence-electron chi connectivity index (χ4n) is 0.204. The molecule has 0 N–H and O–H groups in total. The highest BCUT2D eigenvalue weighted by Crippen LogP contribution is 1.70. The fourth-order valence-corrected chi connectivity index (χ4v) is 0.204. The summed E-state index contributed by atoms with van der Waals surface area (Å²) in [5, 5.41) is 0. The van der Waals surface area contributed by atoms with Crippen molar-refractivity contribution < 1.29 is 4.74 Å². The maximum Gasteiger partial charge on any atom is 0.187 e. The first kappa shape index (κ1) is 9.70. The van der Waals surface area contributed by atoms with E-state index in [1.807, 2.05) is 0 Å². The fraction of sp³-hybridized carbons (Fsp3) is 1.00. The summed E-state index contributed by atoms with van der Waals surface area (Å²) >= 11 is 0. The van der Waals surface area contributed by atoms with E-state index in [0.717, 1.165) is 13.0 Å². The van der Waals surface area contributed by atoms with Crippen molar-refractivity contribution in [3.63, 3.8) is 0 Å². The normalized spacial score (nSPS) is 7.00. The molecule has 2 heteroatoms. The van der Waals surface area contributed by atoms with Crippen molar-refractivity contribution in [2.75, 3.05) is 13.7 Å². The van der Waals surface area contributed by atoms with Crippen molar-refractivity contribution in [3.05, 3.63) is 0 Å². The minimum Gasteiger partial charge on any atom is -0.385 e. The van der Waals surface area contributed by atoms with Crippen LogP contribution in [-0.2, 0) is 4.74 Å². The van der Waals surface area contributed by atoms with Gasteiger partial charge in [0.25, 0.3) is 0 Å². The first-order chi connectivity index (χ1) is 2.41. The Hall–Kier alpha value is 0.492. The van der Waals surface area contributed by atoms with Crippen molar-refractivity contribution >= 4 is 17.4 Å². The summed E-state index contributed by atoms with van der Waals surface area (Å²) in [5.41, 5.74) is 0. The first-order valence-corrected chi connectivity index (χ1v) is 1.90. The van der Waals surface area contributed by atoms with Gasteiger partial charge >= 0.3 is 0 Å². The van der Waals surface area contributed by atoms with E-state index in [0.29, 0.717) is 0 Å². The van der Waals surface area contributed by atoms with Gasteiger partial charge in [-0.3, -0.25) is 0 Å². The molecular formula is C4H13AlO. The zero-order valence-corrected chi connectivity index (χ0v) is 3.82. The Kier molecular flexibility index (Phi) is 14.7. The molecule has 0 aromatic rings. The quantitative estimate of drug-likeness (QED) is 0.443. The molecular weight excluding hydrogens is 91.0 g/mol. The van der Waals surface area contributed by atoms with Crippen molar-refractivity contribution in [3.8, 4) is 0 Å². The predicted molar refractivity (Wildman–Crippen MR) is 32.1 cm³/mol. The van der Waals surface area contributed by atoms with E-state index < -0.39 is 0 Å². The molecule has 0 fully saturated rings. The van der Waals surface area contributed by atoms with Crippen LogP contribution in [0, 0.1) is 0 Å². The molecule has 0 aromatic heterocycles. The molecule has 0 atom stereocenters. The van der Waals surface area contributed by atoms with Gasteiger partial charge in [-0.25, -0.2) is 0 Å². The monoisotopic (exact) mass is 104 g/mol. The van der Waals surface area contributed by atoms with Crippen LogP contribution in [0.1, 0.15) is 13.3 Å². The van der Waals surface area contributed by atoms with Gasteiger partial charge in [0, 0.05) is 13.7 Å². The van der Waals surface area contributed by atoms with Crippen molar-refractivity contribution in [1.29, 1.82) is 0 Å². The minimum absolute atomic E-state index is 0. The summed E-state index contributed by atoms with van der Waals surface area (Å²) in [6, 6.07) is 0. The van der Waals surface area contributed by atoms with Gasteiger partial charge in [0.05, 0.1) is 0 Å². The lowest BCUT2D eigenvalue weighted by Crippen LogP contribution is -1.80. The maximum absolute atomic E-state index is 4.69. The van der Waals surface area contributed by atoms with Crippen LogP contribution in [-0.4, -0.2) is 31.1 Å². The Morgan fingerprint density at radius 2 is 2.00 bits per heavy atom. The van der Waals surface area contributed by atoms with Gasteiger partial charge in [0.1, 0.15) is 0 Å². The van der Waals surface area contributed by atoms with Gasteiger partial charge in [-0.2, -0.15) is 0 Å². The Labute approximate surface area is 49.8 Å². The first-order valence-electron chi connectivity index (χ1n) is 1.90. The molecule has 0 spiro atoms. The molecule has 0 aliphatic rings. The standard InChI is InChI=1S/C4H10O.Al.3H/c1-3-4-5-2;;;;/h3-4H2,1-2H3;;;;. The molecule has 38 valence electrons. The molecule has 1 nitrogen and oxygen atoms in total. The lowest BCUT2D eigenvalue weighted by molar-refractivity contribution is 0.199. The highest BCUT2D eigenvalue weighted by Gasteiger charge is 1.66. The van der Waals surface area contributed by atoms with Crippen LogP contribution in [0.15, 0.2) is 0 Å². The van der Waals surface area contributed by atoms with Gasteiger partial charge < -0.3 is 4.74 Å². The van der Waals surface area contributed by atoms with Gasteiger partial charge in [0.15, 0.2) is 17.4 Å². The molecule has 0 saturated heterocycles. The summed E-state index contributed by atoms with van der Waals surface area (Å²) < 4.78 is 4.69. The Morgan fingerprint density at radius 3 is 2.00 bits per heavy atom. The van der Waals surface area contributed by atoms with Crippen molar-refractivity contribution in [2.45, 2.75) is 13.3 Å². The van der Waals surface area contributed by atoms with E-state index in [-0.39, 0.29) is 17.4 Å². The number of rotatable bonds is 2. The SMILES string of the molecule is CCCOC.[AlH3]. The van der Waals surface area contributed by atoms with Crippen LogP contribution in [0.5, 0.6) is 0 Å². The van der Waals surface area contributed by atoms with E-state index in [1.165, 1.54) is 0 Å². The average molecular weight is 104 g/mol. The van der Waals surface area contributed by atoms with E-state index in [9.17, 15) is 0 Å². The van der Waals surface area contributed by atoms with Crippen LogP contribution in [0.3, 0.4) is 0 Å². The van der Waals surface area contributed by atoms with Gasteiger partial charge in [-0.1, -0.05) is 6.92 Å². The molecule has 0 bridgehead atoms. The molecule has 0 amide bonds. The van der Waals surface area contributed by atoms with E-state index >= 15 is 0 Å². The molecule has 0 heterocycles. The summed E-state index contributed by atoms with van der Waals surface area (Å²) in [5.74, 6) is 0. The summed E-state index contributed by atoms with van der Waals surface area (Å²) in [4.78, 5) is 0. The largest absolute Gasteiger partial charge is 0.385 e. The summed E-state index contributed by atoms with van der Waals surface area (Å²) in [6.45, 7) is 2.98. The molecule has 0 radical (unpaired) electrons. The second-order valence-electron chi connectivity index (χ2n) is 0.993. The Bertz CT molecular complexity index is 15.0. The average Bonchev–Trinajstić information content (AvgIpc) is 1.41. The zero-order chi connectivity index (χ0) is 4.12. The zero-order valence-electron chi connectivity index (χ0n) is 3.82. The Morgan fingerprint density at radius 1 is 1.50 bits per heavy atom. The second kappa shape index (κ2) is 9.09. The van der Waals surface area contributed by atoms with Gasteiger partial charge in [-0.05, 0) is 6.42 Å². The predicted octanol–water partition coefficient (Wildman–Crippen LogP) is -0.141. The molecule has 0 saturated carbocycles. The van der Waals surface area contributed by atoms with Crippen LogP contribution < -0.4 is 0 Å². The van der Waals surface area contributed by atoms with Gasteiger partial charge in [0.2, 0.25) is 0 Å². The smallest absolute Gasteiger partial charge is 0.187 e. The number of ether oxygens (including phenoxy) is 1. The van der Waals surface area contributed by atoms with Crippen LogP contribution in [0.25, 0.3) is 0 Å². The van der Waals surface area contributed by atoms with E-state index in [4.69, 9.17) is 4.74 Å². The highest BCUT2D eigenvalue weighted by molar-refractivity contribution is 5.75. The van der Waals surface area contributed by atoms with Crippen LogP contribution >= 0.6 is 0 Å². The lowest BCUT2D eigenvalue weighted by Gasteiger charge is -1.84. The van der Waals surface area contributed by atoms with Crippen LogP contribution in [0.4, 0.5) is 0 Å². The number of methoxy groups -OCH3 is 1. The molecule has 0 aromatic carbocycles. The third-order valence-corrected chi connectivity index (χ3v) is 0.408. The molecule has 0 rings (SSSR count). The Balaban J connectivity index is 0. The van der Waals surface area contributed by atoms with Crippen molar-refractivity contribution in [1.82, 2.24) is 0 Å². The summed E-state index contributed by atoms with van der Waals surface area (Å²) in [6.07, 6.45) is 1.12. The molecule has 6 heavy (non-hydrogen) atoms.